The Labute approximate surface area is 205 Å². The topological polar surface area (TPSA) is 59.8 Å². The molecule has 2 aromatic heterocycles. The minimum absolute atomic E-state index is 0.105. The van der Waals surface area contributed by atoms with Crippen LogP contribution in [0.4, 0.5) is 0 Å². The second kappa shape index (κ2) is 9.94. The number of rotatable bonds is 7. The van der Waals surface area contributed by atoms with Crippen molar-refractivity contribution in [3.8, 4) is 0 Å². The molecule has 0 atom stereocenters. The van der Waals surface area contributed by atoms with E-state index in [0.717, 1.165) is 34.5 Å². The highest BCUT2D eigenvalue weighted by Crippen LogP contribution is 2.24. The minimum Gasteiger partial charge on any atom is -0.346 e. The van der Waals surface area contributed by atoms with Gasteiger partial charge in [0.05, 0.1) is 23.3 Å². The number of hydrogen-bond acceptors (Lipinski definition) is 3. The van der Waals surface area contributed by atoms with E-state index in [2.05, 4.69) is 65.1 Å². The number of fused-ring (bicyclic) bond motifs is 1. The Hall–Kier alpha value is -4.25. The van der Waals surface area contributed by atoms with Gasteiger partial charge in [0.1, 0.15) is 5.82 Å². The number of nitrogens with one attached hydrogen (secondary N) is 1. The third-order valence-electron chi connectivity index (χ3n) is 6.36. The number of benzene rings is 3. The van der Waals surface area contributed by atoms with Gasteiger partial charge in [-0.25, -0.2) is 4.98 Å². The van der Waals surface area contributed by atoms with Gasteiger partial charge < -0.3 is 9.88 Å². The maximum absolute atomic E-state index is 12.6. The van der Waals surface area contributed by atoms with E-state index in [-0.39, 0.29) is 5.91 Å². The van der Waals surface area contributed by atoms with E-state index >= 15 is 0 Å². The normalized spacial score (nSPS) is 11.0. The quantitative estimate of drug-likeness (QED) is 0.343. The van der Waals surface area contributed by atoms with Crippen LogP contribution >= 0.6 is 0 Å². The fourth-order valence-electron chi connectivity index (χ4n) is 4.24. The van der Waals surface area contributed by atoms with Gasteiger partial charge in [0.15, 0.2) is 0 Å². The number of imidazole rings is 1. The molecular formula is C30H28N4O. The molecule has 5 rings (SSSR count). The molecule has 5 nitrogen and oxygen atoms in total. The largest absolute Gasteiger partial charge is 0.346 e. The molecule has 0 aliphatic rings. The molecule has 0 saturated heterocycles. The van der Waals surface area contributed by atoms with Crippen LogP contribution in [0.2, 0.25) is 0 Å². The molecule has 5 aromatic rings. The summed E-state index contributed by atoms with van der Waals surface area (Å²) in [5, 5.41) is 2.94. The lowest BCUT2D eigenvalue weighted by molar-refractivity contribution is 0.0950. The molecule has 174 valence electrons. The number of aryl methyl sites for hydroxylation is 2. The predicted molar refractivity (Wildman–Crippen MR) is 139 cm³/mol. The summed E-state index contributed by atoms with van der Waals surface area (Å²) < 4.78 is 2.30. The van der Waals surface area contributed by atoms with Crippen LogP contribution in [0.3, 0.4) is 0 Å². The number of hydrogen-bond donors (Lipinski definition) is 1. The summed E-state index contributed by atoms with van der Waals surface area (Å²) in [6.07, 6.45) is 2.49. The van der Waals surface area contributed by atoms with Gasteiger partial charge >= 0.3 is 0 Å². The van der Waals surface area contributed by atoms with Gasteiger partial charge in [-0.05, 0) is 72.5 Å². The molecule has 35 heavy (non-hydrogen) atoms. The van der Waals surface area contributed by atoms with Gasteiger partial charge in [-0.15, -0.1) is 0 Å². The maximum atomic E-state index is 12.6. The third kappa shape index (κ3) is 5.14. The van der Waals surface area contributed by atoms with Crippen molar-refractivity contribution >= 4 is 16.9 Å². The zero-order valence-corrected chi connectivity index (χ0v) is 20.0. The maximum Gasteiger partial charge on any atom is 0.251 e. The average Bonchev–Trinajstić information content (AvgIpc) is 3.19. The minimum atomic E-state index is -0.105. The van der Waals surface area contributed by atoms with Crippen LogP contribution < -0.4 is 5.32 Å². The van der Waals surface area contributed by atoms with Crippen molar-refractivity contribution in [1.82, 2.24) is 19.9 Å². The monoisotopic (exact) mass is 460 g/mol. The molecule has 0 radical (unpaired) electrons. The molecule has 0 spiro atoms. The number of carbonyl (C=O) groups excluding carboxylic acids is 1. The molecule has 0 saturated carbocycles. The van der Waals surface area contributed by atoms with E-state index in [1.807, 2.05) is 48.5 Å². The first kappa shape index (κ1) is 22.5. The van der Waals surface area contributed by atoms with E-state index in [1.54, 1.807) is 6.20 Å². The standard InChI is InChI=1S/C30H28N4O/c1-21-16-27-28(17-22(21)2)34(29(33-27)18-23-8-4-3-5-9-23)20-24-11-13-25(14-12-24)30(35)32-19-26-10-6-7-15-31-26/h3-17H,18-20H2,1-2H3,(H,32,35). The van der Waals surface area contributed by atoms with Crippen LogP contribution in [0.25, 0.3) is 11.0 Å². The number of carbonyl (C=O) groups is 1. The highest BCUT2D eigenvalue weighted by Gasteiger charge is 2.14. The summed E-state index contributed by atoms with van der Waals surface area (Å²) in [5.74, 6) is 0.930. The molecule has 1 amide bonds. The molecule has 0 unspecified atom stereocenters. The van der Waals surface area contributed by atoms with Crippen molar-refractivity contribution in [3.63, 3.8) is 0 Å². The van der Waals surface area contributed by atoms with Crippen LogP contribution in [0.5, 0.6) is 0 Å². The van der Waals surface area contributed by atoms with Crippen molar-refractivity contribution in [2.24, 2.45) is 0 Å². The molecule has 3 aromatic carbocycles. The highest BCUT2D eigenvalue weighted by molar-refractivity contribution is 5.94. The molecule has 0 aliphatic heterocycles. The molecule has 2 heterocycles. The van der Waals surface area contributed by atoms with Crippen molar-refractivity contribution < 1.29 is 4.79 Å². The summed E-state index contributed by atoms with van der Waals surface area (Å²) in [4.78, 5) is 21.8. The first-order valence-electron chi connectivity index (χ1n) is 11.8. The van der Waals surface area contributed by atoms with Crippen LogP contribution in [-0.4, -0.2) is 20.4 Å². The lowest BCUT2D eigenvalue weighted by Crippen LogP contribution is -2.23. The second-order valence-electron chi connectivity index (χ2n) is 8.90. The van der Waals surface area contributed by atoms with Crippen LogP contribution in [0.1, 0.15) is 44.1 Å². The van der Waals surface area contributed by atoms with E-state index in [4.69, 9.17) is 4.98 Å². The van der Waals surface area contributed by atoms with Gasteiger partial charge in [0, 0.05) is 24.7 Å². The van der Waals surface area contributed by atoms with Gasteiger partial charge in [-0.1, -0.05) is 48.5 Å². The summed E-state index contributed by atoms with van der Waals surface area (Å²) in [5.41, 5.74) is 8.48. The lowest BCUT2D eigenvalue weighted by atomic mass is 10.1. The highest BCUT2D eigenvalue weighted by atomic mass is 16.1. The molecule has 0 bridgehead atoms. The van der Waals surface area contributed by atoms with E-state index in [0.29, 0.717) is 18.7 Å². The summed E-state index contributed by atoms with van der Waals surface area (Å²) in [6.45, 7) is 5.37. The SMILES string of the molecule is Cc1cc2nc(Cc3ccccc3)n(Cc3ccc(C(=O)NCc4ccccn4)cc3)c2cc1C. The first-order chi connectivity index (χ1) is 17.1. The van der Waals surface area contributed by atoms with Gasteiger partial charge in [0.2, 0.25) is 0 Å². The predicted octanol–water partition coefficient (Wildman–Crippen LogP) is 5.62. The first-order valence-corrected chi connectivity index (χ1v) is 11.8. The summed E-state index contributed by atoms with van der Waals surface area (Å²) in [6, 6.07) is 28.3. The number of nitrogens with zero attached hydrogens (tertiary/aromatic N) is 3. The van der Waals surface area contributed by atoms with Crippen molar-refractivity contribution in [2.45, 2.75) is 33.4 Å². The molecular weight excluding hydrogens is 432 g/mol. The van der Waals surface area contributed by atoms with Crippen molar-refractivity contribution in [3.05, 3.63) is 130 Å². The van der Waals surface area contributed by atoms with Crippen LogP contribution in [0, 0.1) is 13.8 Å². The fourth-order valence-corrected chi connectivity index (χ4v) is 4.24. The molecule has 0 fully saturated rings. The average molecular weight is 461 g/mol. The Morgan fingerprint density at radius 3 is 2.34 bits per heavy atom. The van der Waals surface area contributed by atoms with Crippen LogP contribution in [-0.2, 0) is 19.5 Å². The second-order valence-corrected chi connectivity index (χ2v) is 8.90. The van der Waals surface area contributed by atoms with Crippen molar-refractivity contribution in [1.29, 1.82) is 0 Å². The smallest absolute Gasteiger partial charge is 0.251 e. The molecule has 1 N–H and O–H groups in total. The Morgan fingerprint density at radius 1 is 0.857 bits per heavy atom. The summed E-state index contributed by atoms with van der Waals surface area (Å²) in [7, 11) is 0. The number of pyridine rings is 1. The summed E-state index contributed by atoms with van der Waals surface area (Å²) >= 11 is 0. The lowest BCUT2D eigenvalue weighted by Gasteiger charge is -2.11. The number of aromatic nitrogens is 3. The molecule has 5 heteroatoms. The third-order valence-corrected chi connectivity index (χ3v) is 6.36. The Kier molecular flexibility index (Phi) is 6.40. The fraction of sp³-hybridized carbons (Fsp3) is 0.167. The van der Waals surface area contributed by atoms with Gasteiger partial charge in [-0.2, -0.15) is 0 Å². The van der Waals surface area contributed by atoms with Gasteiger partial charge in [-0.3, -0.25) is 9.78 Å². The van der Waals surface area contributed by atoms with E-state index in [9.17, 15) is 4.79 Å². The van der Waals surface area contributed by atoms with E-state index < -0.39 is 0 Å². The molecule has 0 aliphatic carbocycles. The Bertz CT molecular complexity index is 1460. The zero-order chi connectivity index (χ0) is 24.2. The number of amides is 1. The van der Waals surface area contributed by atoms with Gasteiger partial charge in [0.25, 0.3) is 5.91 Å². The Morgan fingerprint density at radius 2 is 1.60 bits per heavy atom. The van der Waals surface area contributed by atoms with E-state index in [1.165, 1.54) is 16.7 Å². The van der Waals surface area contributed by atoms with Crippen molar-refractivity contribution in [2.75, 3.05) is 0 Å². The zero-order valence-electron chi connectivity index (χ0n) is 20.0. The Balaban J connectivity index is 1.38. The van der Waals surface area contributed by atoms with Crippen LogP contribution in [0.15, 0.2) is 91.1 Å².